The molecular weight excluding hydrogens is 336 g/mol. The quantitative estimate of drug-likeness (QED) is 0.712. The van der Waals surface area contributed by atoms with E-state index in [4.69, 9.17) is 15.5 Å². The maximum atomic E-state index is 9.26. The van der Waals surface area contributed by atoms with Gasteiger partial charge < -0.3 is 10.3 Å². The molecule has 122 valence electrons. The monoisotopic (exact) mass is 348 g/mol. The van der Waals surface area contributed by atoms with Crippen LogP contribution in [0.4, 0.5) is 5.82 Å². The van der Waals surface area contributed by atoms with Crippen LogP contribution in [0, 0.1) is 22.7 Å². The van der Waals surface area contributed by atoms with Crippen LogP contribution in [0.1, 0.15) is 29.1 Å². The van der Waals surface area contributed by atoms with Gasteiger partial charge in [0.1, 0.15) is 23.0 Å². The fourth-order valence-corrected chi connectivity index (χ4v) is 3.01. The van der Waals surface area contributed by atoms with E-state index in [1.54, 1.807) is 0 Å². The molecule has 0 aliphatic rings. The lowest BCUT2D eigenvalue weighted by molar-refractivity contribution is 0.423. The number of nitrogens with two attached hydrogens (primary N) is 1. The van der Waals surface area contributed by atoms with Crippen LogP contribution in [0.3, 0.4) is 0 Å². The van der Waals surface area contributed by atoms with E-state index in [1.807, 2.05) is 49.4 Å². The average molecular weight is 348 g/mol. The summed E-state index contributed by atoms with van der Waals surface area (Å²) in [7, 11) is 0. The molecule has 0 saturated heterocycles. The first-order chi connectivity index (χ1) is 12.1. The van der Waals surface area contributed by atoms with Gasteiger partial charge in [-0.15, -0.1) is 0 Å². The number of nitrogens with zero attached hydrogens (tertiary/aromatic N) is 5. The summed E-state index contributed by atoms with van der Waals surface area (Å²) in [5.41, 5.74) is 7.04. The number of pyridine rings is 1. The van der Waals surface area contributed by atoms with Crippen molar-refractivity contribution in [3.63, 3.8) is 0 Å². The second-order valence-electron chi connectivity index (χ2n) is 5.08. The molecular formula is C17H12N6OS. The van der Waals surface area contributed by atoms with Crippen molar-refractivity contribution in [2.24, 2.45) is 0 Å². The average Bonchev–Trinajstić information content (AvgIpc) is 3.13. The minimum atomic E-state index is -0.215. The summed E-state index contributed by atoms with van der Waals surface area (Å²) in [4.78, 5) is 8.55. The van der Waals surface area contributed by atoms with Crippen molar-refractivity contribution in [2.75, 3.05) is 5.73 Å². The topological polar surface area (TPSA) is 125 Å². The SMILES string of the molecule is CC(Sc1nc(N)c(C#N)cc1C#N)c1noc(-c2ccccc2)n1. The van der Waals surface area contributed by atoms with Crippen LogP contribution in [-0.2, 0) is 0 Å². The lowest BCUT2D eigenvalue weighted by atomic mass is 10.2. The standard InChI is InChI=1S/C17H12N6OS/c1-10(15-22-16(24-23-15)11-5-3-2-4-6-11)25-17-13(9-19)7-12(8-18)14(20)21-17/h2-7,10H,1H3,(H2,20,21). The smallest absolute Gasteiger partial charge is 0.257 e. The molecule has 3 aromatic rings. The highest BCUT2D eigenvalue weighted by atomic mass is 32.2. The number of rotatable bonds is 4. The minimum Gasteiger partial charge on any atom is -0.383 e. The third-order valence-corrected chi connectivity index (χ3v) is 4.47. The van der Waals surface area contributed by atoms with Crippen molar-refractivity contribution < 1.29 is 4.52 Å². The van der Waals surface area contributed by atoms with Gasteiger partial charge in [0.2, 0.25) is 0 Å². The maximum Gasteiger partial charge on any atom is 0.257 e. The summed E-state index contributed by atoms with van der Waals surface area (Å²) < 4.78 is 5.30. The predicted octanol–water partition coefficient (Wildman–Crippen LogP) is 3.31. The Balaban J connectivity index is 1.85. The molecule has 1 unspecified atom stereocenters. The van der Waals surface area contributed by atoms with Gasteiger partial charge >= 0.3 is 0 Å². The first kappa shape index (κ1) is 16.5. The predicted molar refractivity (Wildman–Crippen MR) is 92.1 cm³/mol. The Hall–Kier alpha value is -3.36. The lowest BCUT2D eigenvalue weighted by Gasteiger charge is -2.08. The fourth-order valence-electron chi connectivity index (χ4n) is 2.09. The number of benzene rings is 1. The normalized spacial score (nSPS) is 11.5. The van der Waals surface area contributed by atoms with Crippen LogP contribution in [-0.4, -0.2) is 15.1 Å². The fraction of sp³-hybridized carbons (Fsp3) is 0.118. The van der Waals surface area contributed by atoms with Crippen LogP contribution in [0.15, 0.2) is 45.9 Å². The molecule has 25 heavy (non-hydrogen) atoms. The number of nitriles is 2. The first-order valence-corrected chi connectivity index (χ1v) is 8.16. The number of thioether (sulfide) groups is 1. The molecule has 1 atom stereocenters. The minimum absolute atomic E-state index is 0.0919. The lowest BCUT2D eigenvalue weighted by Crippen LogP contribution is -2.00. The van der Waals surface area contributed by atoms with Gasteiger partial charge in [0.25, 0.3) is 5.89 Å². The van der Waals surface area contributed by atoms with E-state index in [0.717, 1.165) is 5.56 Å². The summed E-state index contributed by atoms with van der Waals surface area (Å²) in [6.07, 6.45) is 0. The van der Waals surface area contributed by atoms with Crippen molar-refractivity contribution in [2.45, 2.75) is 17.2 Å². The van der Waals surface area contributed by atoms with E-state index in [1.165, 1.54) is 17.8 Å². The summed E-state index contributed by atoms with van der Waals surface area (Å²) in [5, 5.41) is 22.5. The third kappa shape index (κ3) is 3.44. The molecule has 8 heteroatoms. The number of aromatic nitrogens is 3. The van der Waals surface area contributed by atoms with Crippen molar-refractivity contribution in [3.8, 4) is 23.6 Å². The van der Waals surface area contributed by atoms with Crippen LogP contribution in [0.2, 0.25) is 0 Å². The molecule has 3 rings (SSSR count). The molecule has 0 spiro atoms. The van der Waals surface area contributed by atoms with Crippen molar-refractivity contribution in [3.05, 3.63) is 53.3 Å². The zero-order valence-electron chi connectivity index (χ0n) is 13.2. The van der Waals surface area contributed by atoms with Gasteiger partial charge in [0, 0.05) is 5.56 Å². The van der Waals surface area contributed by atoms with E-state index in [-0.39, 0.29) is 22.2 Å². The second-order valence-corrected chi connectivity index (χ2v) is 6.41. The number of nitrogen functional groups attached to an aromatic ring is 1. The van der Waals surface area contributed by atoms with E-state index in [2.05, 4.69) is 15.1 Å². The second kappa shape index (κ2) is 7.04. The van der Waals surface area contributed by atoms with Crippen molar-refractivity contribution in [1.82, 2.24) is 15.1 Å². The van der Waals surface area contributed by atoms with Gasteiger partial charge in [-0.2, -0.15) is 15.5 Å². The van der Waals surface area contributed by atoms with Gasteiger partial charge in [0.05, 0.1) is 16.4 Å². The van der Waals surface area contributed by atoms with Gasteiger partial charge in [0.15, 0.2) is 5.82 Å². The van der Waals surface area contributed by atoms with E-state index < -0.39 is 0 Å². The molecule has 2 aromatic heterocycles. The molecule has 2 heterocycles. The highest BCUT2D eigenvalue weighted by Gasteiger charge is 2.19. The van der Waals surface area contributed by atoms with Gasteiger partial charge in [-0.05, 0) is 25.1 Å². The summed E-state index contributed by atoms with van der Waals surface area (Å²) in [6, 6.07) is 14.8. The zero-order chi connectivity index (χ0) is 17.8. The number of hydrogen-bond donors (Lipinski definition) is 1. The van der Waals surface area contributed by atoms with E-state index >= 15 is 0 Å². The Kier molecular flexibility index (Phi) is 4.64. The molecule has 0 bridgehead atoms. The molecule has 0 amide bonds. The maximum absolute atomic E-state index is 9.26. The molecule has 0 fully saturated rings. The van der Waals surface area contributed by atoms with Crippen molar-refractivity contribution in [1.29, 1.82) is 10.5 Å². The van der Waals surface area contributed by atoms with E-state index in [0.29, 0.717) is 16.7 Å². The number of hydrogen-bond acceptors (Lipinski definition) is 8. The van der Waals surface area contributed by atoms with Gasteiger partial charge in [-0.1, -0.05) is 35.1 Å². The third-order valence-electron chi connectivity index (χ3n) is 3.37. The Morgan fingerprint density at radius 3 is 2.52 bits per heavy atom. The van der Waals surface area contributed by atoms with Gasteiger partial charge in [-0.25, -0.2) is 4.98 Å². The van der Waals surface area contributed by atoms with Crippen LogP contribution >= 0.6 is 11.8 Å². The molecule has 1 aromatic carbocycles. The molecule has 0 aliphatic heterocycles. The molecule has 2 N–H and O–H groups in total. The summed E-state index contributed by atoms with van der Waals surface area (Å²) >= 11 is 1.28. The van der Waals surface area contributed by atoms with E-state index in [9.17, 15) is 5.26 Å². The van der Waals surface area contributed by atoms with Crippen LogP contribution in [0.5, 0.6) is 0 Å². The Morgan fingerprint density at radius 2 is 1.84 bits per heavy atom. The summed E-state index contributed by atoms with van der Waals surface area (Å²) in [6.45, 7) is 1.88. The highest BCUT2D eigenvalue weighted by Crippen LogP contribution is 2.35. The molecule has 7 nitrogen and oxygen atoms in total. The first-order valence-electron chi connectivity index (χ1n) is 7.28. The molecule has 0 radical (unpaired) electrons. The highest BCUT2D eigenvalue weighted by molar-refractivity contribution is 7.99. The zero-order valence-corrected chi connectivity index (χ0v) is 14.0. The Labute approximate surface area is 148 Å². The van der Waals surface area contributed by atoms with Crippen LogP contribution in [0.25, 0.3) is 11.5 Å². The Bertz CT molecular complexity index is 987. The largest absolute Gasteiger partial charge is 0.383 e. The Morgan fingerprint density at radius 1 is 1.12 bits per heavy atom. The molecule has 0 aliphatic carbocycles. The van der Waals surface area contributed by atoms with Gasteiger partial charge in [-0.3, -0.25) is 0 Å². The van der Waals surface area contributed by atoms with Crippen LogP contribution < -0.4 is 5.73 Å². The molecule has 0 saturated carbocycles. The summed E-state index contributed by atoms with van der Waals surface area (Å²) in [5.74, 6) is 1.00. The number of anilines is 1. The van der Waals surface area contributed by atoms with Crippen molar-refractivity contribution >= 4 is 17.6 Å².